The summed E-state index contributed by atoms with van der Waals surface area (Å²) in [5, 5.41) is 18.7. The molecule has 3 rings (SSSR count). The molecule has 1 heterocycles. The van der Waals surface area contributed by atoms with Gasteiger partial charge in [0.1, 0.15) is 17.2 Å². The van der Waals surface area contributed by atoms with Crippen LogP contribution in [0.5, 0.6) is 17.2 Å². The minimum absolute atomic E-state index is 0.0264. The Morgan fingerprint density at radius 2 is 1.77 bits per heavy atom. The molecule has 0 saturated heterocycles. The van der Waals surface area contributed by atoms with Gasteiger partial charge >= 0.3 is 0 Å². The highest BCUT2D eigenvalue weighted by Gasteiger charge is 2.17. The Morgan fingerprint density at radius 1 is 1.00 bits per heavy atom. The summed E-state index contributed by atoms with van der Waals surface area (Å²) in [6.07, 6.45) is 0.519. The molecule has 0 unspecified atom stereocenters. The summed E-state index contributed by atoms with van der Waals surface area (Å²) in [5.41, 5.74) is 1.11. The zero-order chi connectivity index (χ0) is 22.2. The number of nitrogens with one attached hydrogen (secondary N) is 2. The van der Waals surface area contributed by atoms with Gasteiger partial charge in [0.2, 0.25) is 0 Å². The number of phenols is 1. The van der Waals surface area contributed by atoms with E-state index in [-0.39, 0.29) is 17.4 Å². The summed E-state index contributed by atoms with van der Waals surface area (Å²) in [7, 11) is 3.09. The van der Waals surface area contributed by atoms with Crippen LogP contribution in [0.1, 0.15) is 27.3 Å². The minimum atomic E-state index is -0.392. The monoisotopic (exact) mass is 425 g/mol. The van der Waals surface area contributed by atoms with E-state index in [4.69, 9.17) is 14.0 Å². The van der Waals surface area contributed by atoms with E-state index >= 15 is 0 Å². The second-order valence-electron chi connectivity index (χ2n) is 6.56. The summed E-state index contributed by atoms with van der Waals surface area (Å²) < 4.78 is 15.9. The number of aromatic nitrogens is 1. The fourth-order valence-corrected chi connectivity index (χ4v) is 2.85. The van der Waals surface area contributed by atoms with E-state index < -0.39 is 5.91 Å². The number of rotatable bonds is 9. The maximum Gasteiger partial charge on any atom is 0.273 e. The number of methoxy groups -OCH3 is 2. The first-order valence-electron chi connectivity index (χ1n) is 9.56. The van der Waals surface area contributed by atoms with Crippen molar-refractivity contribution in [1.82, 2.24) is 15.8 Å². The van der Waals surface area contributed by atoms with Gasteiger partial charge in [-0.05, 0) is 42.8 Å². The molecule has 0 saturated carbocycles. The molecule has 9 heteroatoms. The van der Waals surface area contributed by atoms with Crippen LogP contribution >= 0.6 is 0 Å². The minimum Gasteiger partial charge on any atom is -0.508 e. The van der Waals surface area contributed by atoms with E-state index in [2.05, 4.69) is 15.8 Å². The number of carbonyl (C=O) groups is 2. The highest BCUT2D eigenvalue weighted by atomic mass is 16.5. The molecule has 0 radical (unpaired) electrons. The third-order valence-electron chi connectivity index (χ3n) is 4.45. The Bertz CT molecular complexity index is 1060. The number of aromatic hydroxyl groups is 1. The molecule has 9 nitrogen and oxygen atoms in total. The fraction of sp³-hybridized carbons (Fsp3) is 0.227. The van der Waals surface area contributed by atoms with E-state index in [1.165, 1.54) is 25.3 Å². The van der Waals surface area contributed by atoms with Gasteiger partial charge in [-0.15, -0.1) is 0 Å². The van der Waals surface area contributed by atoms with Crippen LogP contribution < -0.4 is 20.1 Å². The maximum atomic E-state index is 12.3. The quantitative estimate of drug-likeness (QED) is 0.450. The highest BCUT2D eigenvalue weighted by molar-refractivity contribution is 5.94. The van der Waals surface area contributed by atoms with Crippen molar-refractivity contribution in [2.45, 2.75) is 6.42 Å². The van der Waals surface area contributed by atoms with Gasteiger partial charge in [0.25, 0.3) is 11.8 Å². The molecule has 3 N–H and O–H groups in total. The molecular weight excluding hydrogens is 402 g/mol. The van der Waals surface area contributed by atoms with Crippen molar-refractivity contribution in [2.24, 2.45) is 0 Å². The van der Waals surface area contributed by atoms with Crippen molar-refractivity contribution < 1.29 is 28.7 Å². The molecule has 0 spiro atoms. The van der Waals surface area contributed by atoms with Crippen LogP contribution in [0.4, 0.5) is 0 Å². The average Bonchev–Trinajstić information content (AvgIpc) is 3.28. The summed E-state index contributed by atoms with van der Waals surface area (Å²) in [6, 6.07) is 12.8. The van der Waals surface area contributed by atoms with Crippen molar-refractivity contribution >= 4 is 11.8 Å². The number of hydrogen-bond acceptors (Lipinski definition) is 7. The molecule has 0 bridgehead atoms. The van der Waals surface area contributed by atoms with Crippen LogP contribution in [0.3, 0.4) is 0 Å². The third kappa shape index (κ3) is 5.53. The van der Waals surface area contributed by atoms with Crippen molar-refractivity contribution in [3.8, 4) is 28.6 Å². The standard InChI is InChI=1S/C22H23N3O6/c1-29-16-7-8-19(30-2)17(12-16)20-13-18(25-31-20)22(28)24-10-4-9-23-21(27)14-5-3-6-15(26)11-14/h3,5-8,11-13,26H,4,9-10H2,1-2H3,(H,23,27)(H,24,28). The molecule has 1 aromatic heterocycles. The van der Waals surface area contributed by atoms with Gasteiger partial charge in [-0.1, -0.05) is 11.2 Å². The van der Waals surface area contributed by atoms with Crippen LogP contribution in [0.15, 0.2) is 53.1 Å². The summed E-state index contributed by atoms with van der Waals surface area (Å²) in [6.45, 7) is 0.698. The fourth-order valence-electron chi connectivity index (χ4n) is 2.85. The molecule has 162 valence electrons. The van der Waals surface area contributed by atoms with Crippen LogP contribution in [-0.4, -0.2) is 49.4 Å². The zero-order valence-electron chi connectivity index (χ0n) is 17.2. The second-order valence-corrected chi connectivity index (χ2v) is 6.56. The number of nitrogens with zero attached hydrogens (tertiary/aromatic N) is 1. The number of ether oxygens (including phenoxy) is 2. The Morgan fingerprint density at radius 3 is 2.48 bits per heavy atom. The van der Waals surface area contributed by atoms with Crippen molar-refractivity contribution in [3.63, 3.8) is 0 Å². The van der Waals surface area contributed by atoms with Gasteiger partial charge in [-0.2, -0.15) is 0 Å². The van der Waals surface area contributed by atoms with Crippen LogP contribution in [-0.2, 0) is 0 Å². The Labute approximate surface area is 179 Å². The summed E-state index contributed by atoms with van der Waals surface area (Å²) in [4.78, 5) is 24.3. The zero-order valence-corrected chi connectivity index (χ0v) is 17.2. The van der Waals surface area contributed by atoms with E-state index in [0.29, 0.717) is 47.9 Å². The summed E-state index contributed by atoms with van der Waals surface area (Å²) >= 11 is 0. The molecular formula is C22H23N3O6. The van der Waals surface area contributed by atoms with Gasteiger partial charge in [0, 0.05) is 24.7 Å². The SMILES string of the molecule is COc1ccc(OC)c(-c2cc(C(=O)NCCCNC(=O)c3cccc(O)c3)no2)c1. The number of hydrogen-bond donors (Lipinski definition) is 3. The number of phenolic OH excluding ortho intramolecular Hbond substituents is 1. The molecule has 0 aliphatic carbocycles. The number of carbonyl (C=O) groups excluding carboxylic acids is 2. The maximum absolute atomic E-state index is 12.3. The van der Waals surface area contributed by atoms with Crippen LogP contribution in [0, 0.1) is 0 Å². The Kier molecular flexibility index (Phi) is 7.10. The Hall–Kier alpha value is -4.01. The highest BCUT2D eigenvalue weighted by Crippen LogP contribution is 2.33. The number of benzene rings is 2. The topological polar surface area (TPSA) is 123 Å². The smallest absolute Gasteiger partial charge is 0.273 e. The average molecular weight is 425 g/mol. The molecule has 0 atom stereocenters. The Balaban J connectivity index is 1.50. The van der Waals surface area contributed by atoms with Crippen LogP contribution in [0.2, 0.25) is 0 Å². The first-order chi connectivity index (χ1) is 15.0. The van der Waals surface area contributed by atoms with Gasteiger partial charge in [0.05, 0.1) is 19.8 Å². The second kappa shape index (κ2) is 10.1. The molecule has 3 aromatic rings. The van der Waals surface area contributed by atoms with Gasteiger partial charge in [-0.25, -0.2) is 0 Å². The largest absolute Gasteiger partial charge is 0.508 e. The van der Waals surface area contributed by atoms with Gasteiger partial charge in [0.15, 0.2) is 11.5 Å². The summed E-state index contributed by atoms with van der Waals surface area (Å²) in [5.74, 6) is 0.891. The molecule has 0 aliphatic rings. The third-order valence-corrected chi connectivity index (χ3v) is 4.45. The van der Waals surface area contributed by atoms with Gasteiger partial charge in [-0.3, -0.25) is 9.59 Å². The molecule has 0 fully saturated rings. The first kappa shape index (κ1) is 21.7. The van der Waals surface area contributed by atoms with Crippen LogP contribution in [0.25, 0.3) is 11.3 Å². The van der Waals surface area contributed by atoms with E-state index in [1.54, 1.807) is 37.4 Å². The normalized spacial score (nSPS) is 10.4. The predicted molar refractivity (Wildman–Crippen MR) is 112 cm³/mol. The molecule has 2 aromatic carbocycles. The first-order valence-corrected chi connectivity index (χ1v) is 9.56. The van der Waals surface area contributed by atoms with E-state index in [0.717, 1.165) is 0 Å². The molecule has 31 heavy (non-hydrogen) atoms. The van der Waals surface area contributed by atoms with E-state index in [9.17, 15) is 14.7 Å². The van der Waals surface area contributed by atoms with Crippen molar-refractivity contribution in [2.75, 3.05) is 27.3 Å². The lowest BCUT2D eigenvalue weighted by atomic mass is 10.1. The van der Waals surface area contributed by atoms with Crippen molar-refractivity contribution in [3.05, 3.63) is 59.8 Å². The lowest BCUT2D eigenvalue weighted by Gasteiger charge is -2.07. The van der Waals surface area contributed by atoms with Crippen molar-refractivity contribution in [1.29, 1.82) is 0 Å². The molecule has 2 amide bonds. The van der Waals surface area contributed by atoms with E-state index in [1.807, 2.05) is 0 Å². The lowest BCUT2D eigenvalue weighted by Crippen LogP contribution is -2.30. The number of amides is 2. The van der Waals surface area contributed by atoms with Gasteiger partial charge < -0.3 is 29.7 Å². The predicted octanol–water partition coefficient (Wildman–Crippen LogP) is 2.61. The lowest BCUT2D eigenvalue weighted by molar-refractivity contribution is 0.0944. The molecule has 0 aliphatic heterocycles.